The highest BCUT2D eigenvalue weighted by atomic mass is 79.9. The summed E-state index contributed by atoms with van der Waals surface area (Å²) < 4.78 is 17.0. The van der Waals surface area contributed by atoms with E-state index in [9.17, 15) is 9.59 Å². The second-order valence-electron chi connectivity index (χ2n) is 6.61. The summed E-state index contributed by atoms with van der Waals surface area (Å²) in [6.45, 7) is 3.88. The molecule has 1 amide bonds. The zero-order chi connectivity index (χ0) is 23.6. The van der Waals surface area contributed by atoms with Gasteiger partial charge in [0.05, 0.1) is 24.5 Å². The van der Waals surface area contributed by atoms with Gasteiger partial charge in [0.2, 0.25) is 0 Å². The van der Waals surface area contributed by atoms with Crippen LogP contribution in [0.3, 0.4) is 0 Å². The van der Waals surface area contributed by atoms with E-state index in [1.54, 1.807) is 66.7 Å². The minimum Gasteiger partial charge on any atom is -0.493 e. The van der Waals surface area contributed by atoms with Crippen LogP contribution >= 0.6 is 15.9 Å². The first-order valence-corrected chi connectivity index (χ1v) is 10.6. The van der Waals surface area contributed by atoms with Crippen molar-refractivity contribution in [2.75, 3.05) is 13.7 Å². The molecule has 0 saturated carbocycles. The Labute approximate surface area is 199 Å². The smallest absolute Gasteiger partial charge is 0.343 e. The van der Waals surface area contributed by atoms with Gasteiger partial charge in [-0.3, -0.25) is 4.79 Å². The number of ether oxygens (including phenoxy) is 3. The molecule has 0 spiro atoms. The van der Waals surface area contributed by atoms with Crippen LogP contribution in [0.15, 0.2) is 89.0 Å². The molecular weight excluding hydrogens is 488 g/mol. The van der Waals surface area contributed by atoms with Crippen molar-refractivity contribution >= 4 is 34.0 Å². The van der Waals surface area contributed by atoms with Gasteiger partial charge in [-0.05, 0) is 54.1 Å². The molecule has 1 N–H and O–H groups in total. The summed E-state index contributed by atoms with van der Waals surface area (Å²) in [5.74, 6) is 0.0995. The maximum absolute atomic E-state index is 12.6. The summed E-state index contributed by atoms with van der Waals surface area (Å²) >= 11 is 3.35. The zero-order valence-corrected chi connectivity index (χ0v) is 19.4. The lowest BCUT2D eigenvalue weighted by Crippen LogP contribution is -2.19. The fourth-order valence-electron chi connectivity index (χ4n) is 2.76. The van der Waals surface area contributed by atoms with Gasteiger partial charge in [0.25, 0.3) is 5.91 Å². The number of hydrogen-bond acceptors (Lipinski definition) is 6. The number of halogens is 1. The van der Waals surface area contributed by atoms with Gasteiger partial charge in [-0.1, -0.05) is 46.8 Å². The topological polar surface area (TPSA) is 86.2 Å². The van der Waals surface area contributed by atoms with Crippen LogP contribution < -0.4 is 19.6 Å². The van der Waals surface area contributed by atoms with E-state index in [0.29, 0.717) is 28.2 Å². The largest absolute Gasteiger partial charge is 0.493 e. The van der Waals surface area contributed by atoms with Gasteiger partial charge in [-0.2, -0.15) is 5.10 Å². The van der Waals surface area contributed by atoms with Crippen LogP contribution in [0, 0.1) is 0 Å². The number of hydrazone groups is 1. The molecule has 0 aliphatic rings. The van der Waals surface area contributed by atoms with Crippen LogP contribution in [-0.2, 0) is 0 Å². The maximum atomic E-state index is 12.6. The number of nitrogens with zero attached hydrogens (tertiary/aromatic N) is 1. The lowest BCUT2D eigenvalue weighted by molar-refractivity contribution is 0.0729. The first-order chi connectivity index (χ1) is 16.0. The number of benzene rings is 3. The van der Waals surface area contributed by atoms with Gasteiger partial charge >= 0.3 is 5.97 Å². The third-order valence-corrected chi connectivity index (χ3v) is 4.82. The summed E-state index contributed by atoms with van der Waals surface area (Å²) in [6, 6.07) is 18.7. The number of nitrogens with one attached hydrogen (secondary N) is 1. The maximum Gasteiger partial charge on any atom is 0.343 e. The molecule has 0 unspecified atom stereocenters. The number of amides is 1. The predicted molar refractivity (Wildman–Crippen MR) is 129 cm³/mol. The van der Waals surface area contributed by atoms with Crippen LogP contribution in [0.1, 0.15) is 26.3 Å². The van der Waals surface area contributed by atoms with Crippen molar-refractivity contribution in [3.63, 3.8) is 0 Å². The van der Waals surface area contributed by atoms with Crippen molar-refractivity contribution in [3.8, 4) is 17.2 Å². The van der Waals surface area contributed by atoms with E-state index in [2.05, 4.69) is 33.0 Å². The summed E-state index contributed by atoms with van der Waals surface area (Å²) in [4.78, 5) is 24.9. The van der Waals surface area contributed by atoms with Crippen molar-refractivity contribution in [1.82, 2.24) is 5.43 Å². The highest BCUT2D eigenvalue weighted by Crippen LogP contribution is 2.28. The summed E-state index contributed by atoms with van der Waals surface area (Å²) in [5.41, 5.74) is 3.85. The van der Waals surface area contributed by atoms with Gasteiger partial charge < -0.3 is 14.2 Å². The van der Waals surface area contributed by atoms with Crippen LogP contribution in [0.4, 0.5) is 0 Å². The van der Waals surface area contributed by atoms with Gasteiger partial charge in [0.15, 0.2) is 11.5 Å². The average molecular weight is 509 g/mol. The van der Waals surface area contributed by atoms with Crippen LogP contribution in [0.25, 0.3) is 0 Å². The Balaban J connectivity index is 1.69. The van der Waals surface area contributed by atoms with E-state index in [0.717, 1.165) is 4.47 Å². The molecule has 3 aromatic rings. The first-order valence-electron chi connectivity index (χ1n) is 9.83. The summed E-state index contributed by atoms with van der Waals surface area (Å²) in [7, 11) is 1.47. The predicted octanol–water partition coefficient (Wildman–Crippen LogP) is 5.01. The minimum atomic E-state index is -0.494. The lowest BCUT2D eigenvalue weighted by atomic mass is 10.2. The second kappa shape index (κ2) is 11.6. The molecule has 0 bridgehead atoms. The van der Waals surface area contributed by atoms with Crippen molar-refractivity contribution in [2.45, 2.75) is 0 Å². The molecule has 168 valence electrons. The Morgan fingerprint density at radius 3 is 2.52 bits per heavy atom. The lowest BCUT2D eigenvalue weighted by Gasteiger charge is -2.10. The van der Waals surface area contributed by atoms with Crippen molar-refractivity contribution in [2.24, 2.45) is 5.10 Å². The van der Waals surface area contributed by atoms with Crippen molar-refractivity contribution in [3.05, 3.63) is 101 Å². The third kappa shape index (κ3) is 6.54. The van der Waals surface area contributed by atoms with Crippen LogP contribution in [0.5, 0.6) is 17.2 Å². The minimum absolute atomic E-state index is 0.269. The molecule has 7 nitrogen and oxygen atoms in total. The van der Waals surface area contributed by atoms with E-state index < -0.39 is 11.9 Å². The fraction of sp³-hybridized carbons (Fsp3) is 0.0800. The molecule has 33 heavy (non-hydrogen) atoms. The highest BCUT2D eigenvalue weighted by Gasteiger charge is 2.14. The molecule has 0 atom stereocenters. The number of methoxy groups -OCH3 is 1. The SMILES string of the molecule is C=CCOc1ccc(Br)cc1C(=O)N/N=C\c1ccc(OC(=O)c2ccccc2)c(OC)c1. The molecular formula is C25H21BrN2O5. The average Bonchev–Trinajstić information content (AvgIpc) is 2.84. The molecule has 0 radical (unpaired) electrons. The summed E-state index contributed by atoms with van der Waals surface area (Å²) in [5, 5.41) is 4.00. The van der Waals surface area contributed by atoms with Crippen LogP contribution in [0.2, 0.25) is 0 Å². The Morgan fingerprint density at radius 1 is 1.03 bits per heavy atom. The molecule has 0 fully saturated rings. The third-order valence-electron chi connectivity index (χ3n) is 4.32. The number of carbonyl (C=O) groups excluding carboxylic acids is 2. The molecule has 0 saturated heterocycles. The molecule has 3 aromatic carbocycles. The van der Waals surface area contributed by atoms with Crippen molar-refractivity contribution in [1.29, 1.82) is 0 Å². The molecule has 8 heteroatoms. The number of rotatable bonds is 9. The Morgan fingerprint density at radius 2 is 1.79 bits per heavy atom. The molecule has 0 aliphatic heterocycles. The second-order valence-corrected chi connectivity index (χ2v) is 7.52. The van der Waals surface area contributed by atoms with Crippen molar-refractivity contribution < 1.29 is 23.8 Å². The first kappa shape index (κ1) is 23.7. The molecule has 0 aliphatic carbocycles. The highest BCUT2D eigenvalue weighted by molar-refractivity contribution is 9.10. The number of esters is 1. The standard InChI is InChI=1S/C25H21BrN2O5/c1-3-13-32-21-12-10-19(26)15-20(21)24(29)28-27-16-17-9-11-22(23(14-17)31-2)33-25(30)18-7-5-4-6-8-18/h3-12,14-16H,1,13H2,2H3,(H,28,29)/b27-16-. The Kier molecular flexibility index (Phi) is 8.37. The van der Waals surface area contributed by atoms with Crippen LogP contribution in [-0.4, -0.2) is 31.8 Å². The molecule has 3 rings (SSSR count). The Hall–Kier alpha value is -3.91. The van der Waals surface area contributed by atoms with Gasteiger partial charge in [0, 0.05) is 4.47 Å². The van der Waals surface area contributed by atoms with Gasteiger partial charge in [-0.15, -0.1) is 0 Å². The normalized spacial score (nSPS) is 10.5. The van der Waals surface area contributed by atoms with E-state index in [4.69, 9.17) is 14.2 Å². The quantitative estimate of drug-likeness (QED) is 0.144. The Bertz CT molecular complexity index is 1180. The summed E-state index contributed by atoms with van der Waals surface area (Å²) in [6.07, 6.45) is 3.04. The number of carbonyl (C=O) groups is 2. The van der Waals surface area contributed by atoms with E-state index in [1.165, 1.54) is 13.3 Å². The zero-order valence-electron chi connectivity index (χ0n) is 17.8. The van der Waals surface area contributed by atoms with Gasteiger partial charge in [-0.25, -0.2) is 10.2 Å². The fourth-order valence-corrected chi connectivity index (χ4v) is 3.12. The molecule has 0 aromatic heterocycles. The monoisotopic (exact) mass is 508 g/mol. The van der Waals surface area contributed by atoms with E-state index >= 15 is 0 Å². The van der Waals surface area contributed by atoms with Gasteiger partial charge in [0.1, 0.15) is 12.4 Å². The number of hydrogen-bond donors (Lipinski definition) is 1. The van der Waals surface area contributed by atoms with E-state index in [-0.39, 0.29) is 12.4 Å². The molecule has 0 heterocycles. The van der Waals surface area contributed by atoms with E-state index in [1.807, 2.05) is 6.07 Å².